The predicted octanol–water partition coefficient (Wildman–Crippen LogP) is 1.70. The molecule has 0 spiro atoms. The van der Waals surface area contributed by atoms with Crippen molar-refractivity contribution in [1.29, 1.82) is 0 Å². The number of hydrogen-bond donors (Lipinski definition) is 2. The number of ether oxygens (including phenoxy) is 2. The van der Waals surface area contributed by atoms with Crippen LogP contribution in [0.4, 0.5) is 0 Å². The van der Waals surface area contributed by atoms with Gasteiger partial charge in [-0.25, -0.2) is 0 Å². The number of methoxy groups -OCH3 is 2. The monoisotopic (exact) mass is 401 g/mol. The van der Waals surface area contributed by atoms with Crippen molar-refractivity contribution in [1.82, 2.24) is 15.5 Å². The Bertz CT molecular complexity index is 748. The Morgan fingerprint density at radius 1 is 1.21 bits per heavy atom. The second kappa shape index (κ2) is 8.61. The molecule has 3 aliphatic rings. The van der Waals surface area contributed by atoms with Crippen LogP contribution in [0.5, 0.6) is 11.5 Å². The van der Waals surface area contributed by atoms with Crippen molar-refractivity contribution in [3.05, 3.63) is 23.8 Å². The highest BCUT2D eigenvalue weighted by molar-refractivity contribution is 5.89. The summed E-state index contributed by atoms with van der Waals surface area (Å²) in [5.74, 6) is 2.53. The van der Waals surface area contributed by atoms with E-state index in [2.05, 4.69) is 15.5 Å². The van der Waals surface area contributed by atoms with Gasteiger partial charge in [0.1, 0.15) is 0 Å². The van der Waals surface area contributed by atoms with Gasteiger partial charge >= 0.3 is 0 Å². The Kier molecular flexibility index (Phi) is 5.94. The van der Waals surface area contributed by atoms with E-state index in [0.717, 1.165) is 5.56 Å². The summed E-state index contributed by atoms with van der Waals surface area (Å²) in [5, 5.41) is 6.16. The molecule has 0 bridgehead atoms. The van der Waals surface area contributed by atoms with Crippen molar-refractivity contribution < 1.29 is 19.1 Å². The van der Waals surface area contributed by atoms with Crippen LogP contribution in [0.15, 0.2) is 18.2 Å². The SMILES string of the molecule is COc1cccc(CN2CCNC(=O)C2CC(=O)NC(C2CC2)C2CC2)c1OC. The van der Waals surface area contributed by atoms with E-state index in [0.29, 0.717) is 49.0 Å². The summed E-state index contributed by atoms with van der Waals surface area (Å²) in [7, 11) is 3.23. The molecule has 1 aromatic carbocycles. The minimum absolute atomic E-state index is 0.0153. The summed E-state index contributed by atoms with van der Waals surface area (Å²) in [6, 6.07) is 5.57. The molecule has 0 aromatic heterocycles. The quantitative estimate of drug-likeness (QED) is 0.658. The lowest BCUT2D eigenvalue weighted by atomic mass is 10.0. The molecule has 2 saturated carbocycles. The minimum atomic E-state index is -0.473. The van der Waals surface area contributed by atoms with Crippen LogP contribution in [-0.4, -0.2) is 56.1 Å². The van der Waals surface area contributed by atoms with Crippen LogP contribution in [0.1, 0.15) is 37.7 Å². The van der Waals surface area contributed by atoms with E-state index in [-0.39, 0.29) is 18.2 Å². The summed E-state index contributed by atoms with van der Waals surface area (Å²) in [6.45, 7) is 1.80. The molecule has 7 heteroatoms. The molecule has 7 nitrogen and oxygen atoms in total. The first kappa shape index (κ1) is 20.0. The number of carbonyl (C=O) groups is 2. The molecule has 29 heavy (non-hydrogen) atoms. The van der Waals surface area contributed by atoms with Gasteiger partial charge in [0.25, 0.3) is 0 Å². The Labute approximate surface area is 172 Å². The van der Waals surface area contributed by atoms with Crippen LogP contribution in [0.3, 0.4) is 0 Å². The van der Waals surface area contributed by atoms with Crippen LogP contribution in [0.2, 0.25) is 0 Å². The van der Waals surface area contributed by atoms with Crippen LogP contribution in [0.25, 0.3) is 0 Å². The molecule has 4 rings (SSSR count). The summed E-state index contributed by atoms with van der Waals surface area (Å²) in [5.41, 5.74) is 0.945. The number of para-hydroxylation sites is 1. The largest absolute Gasteiger partial charge is 0.493 e. The minimum Gasteiger partial charge on any atom is -0.493 e. The first-order valence-corrected chi connectivity index (χ1v) is 10.6. The van der Waals surface area contributed by atoms with Gasteiger partial charge < -0.3 is 20.1 Å². The molecule has 158 valence electrons. The highest BCUT2D eigenvalue weighted by Gasteiger charge is 2.43. The van der Waals surface area contributed by atoms with E-state index >= 15 is 0 Å². The zero-order valence-corrected chi connectivity index (χ0v) is 17.3. The van der Waals surface area contributed by atoms with Crippen LogP contribution >= 0.6 is 0 Å². The first-order valence-electron chi connectivity index (χ1n) is 10.6. The van der Waals surface area contributed by atoms with E-state index in [1.807, 2.05) is 18.2 Å². The molecule has 2 aliphatic carbocycles. The van der Waals surface area contributed by atoms with Crippen molar-refractivity contribution in [2.45, 2.75) is 50.7 Å². The van der Waals surface area contributed by atoms with Crippen LogP contribution in [0, 0.1) is 11.8 Å². The fraction of sp³-hybridized carbons (Fsp3) is 0.636. The molecular weight excluding hydrogens is 370 g/mol. The fourth-order valence-corrected chi connectivity index (χ4v) is 4.42. The van der Waals surface area contributed by atoms with Gasteiger partial charge in [0.15, 0.2) is 11.5 Å². The maximum absolute atomic E-state index is 12.8. The molecule has 2 amide bonds. The topological polar surface area (TPSA) is 79.9 Å². The van der Waals surface area contributed by atoms with Crippen LogP contribution in [-0.2, 0) is 16.1 Å². The fourth-order valence-electron chi connectivity index (χ4n) is 4.42. The van der Waals surface area contributed by atoms with Crippen LogP contribution < -0.4 is 20.1 Å². The molecule has 1 aromatic rings. The van der Waals surface area contributed by atoms with E-state index < -0.39 is 6.04 Å². The highest BCUT2D eigenvalue weighted by atomic mass is 16.5. The summed E-state index contributed by atoms with van der Waals surface area (Å²) < 4.78 is 10.9. The molecule has 0 radical (unpaired) electrons. The van der Waals surface area contributed by atoms with E-state index in [1.165, 1.54) is 25.7 Å². The zero-order valence-electron chi connectivity index (χ0n) is 17.3. The molecular formula is C22H31N3O4. The molecule has 2 N–H and O–H groups in total. The number of piperazine rings is 1. The lowest BCUT2D eigenvalue weighted by Crippen LogP contribution is -2.56. The van der Waals surface area contributed by atoms with Crippen molar-refractivity contribution in [2.24, 2.45) is 11.8 Å². The lowest BCUT2D eigenvalue weighted by molar-refractivity contribution is -0.134. The number of nitrogens with zero attached hydrogens (tertiary/aromatic N) is 1. The Hall–Kier alpha value is -2.28. The molecule has 3 fully saturated rings. The first-order chi connectivity index (χ1) is 14.1. The number of hydrogen-bond acceptors (Lipinski definition) is 5. The number of benzene rings is 1. The third-order valence-corrected chi connectivity index (χ3v) is 6.27. The van der Waals surface area contributed by atoms with Gasteiger partial charge in [0, 0.05) is 31.2 Å². The molecule has 1 saturated heterocycles. The summed E-state index contributed by atoms with van der Waals surface area (Å²) in [4.78, 5) is 27.5. The standard InChI is InChI=1S/C22H31N3O4/c1-28-18-5-3-4-16(21(18)29-2)13-25-11-10-23-22(27)17(25)12-19(26)24-20(14-6-7-14)15-8-9-15/h3-5,14-15,17,20H,6-13H2,1-2H3,(H,23,27)(H,24,26). The van der Waals surface area contributed by atoms with Gasteiger partial charge in [-0.2, -0.15) is 0 Å². The second-order valence-corrected chi connectivity index (χ2v) is 8.40. The Morgan fingerprint density at radius 2 is 1.93 bits per heavy atom. The maximum atomic E-state index is 12.8. The third-order valence-electron chi connectivity index (χ3n) is 6.27. The Balaban J connectivity index is 1.44. The van der Waals surface area contributed by atoms with Gasteiger partial charge in [-0.3, -0.25) is 14.5 Å². The van der Waals surface area contributed by atoms with E-state index in [4.69, 9.17) is 9.47 Å². The van der Waals surface area contributed by atoms with Gasteiger partial charge in [0.05, 0.1) is 26.7 Å². The average molecular weight is 402 g/mol. The second-order valence-electron chi connectivity index (χ2n) is 8.40. The van der Waals surface area contributed by atoms with Crippen molar-refractivity contribution in [2.75, 3.05) is 27.3 Å². The zero-order chi connectivity index (χ0) is 20.4. The smallest absolute Gasteiger partial charge is 0.237 e. The molecule has 1 aliphatic heterocycles. The van der Waals surface area contributed by atoms with Gasteiger partial charge in [-0.05, 0) is 43.6 Å². The number of nitrogens with one attached hydrogen (secondary N) is 2. The average Bonchev–Trinajstić information content (AvgIpc) is 3.62. The van der Waals surface area contributed by atoms with E-state index in [9.17, 15) is 9.59 Å². The third kappa shape index (κ3) is 4.66. The van der Waals surface area contributed by atoms with Gasteiger partial charge in [-0.15, -0.1) is 0 Å². The van der Waals surface area contributed by atoms with Crippen molar-refractivity contribution in [3.8, 4) is 11.5 Å². The van der Waals surface area contributed by atoms with Gasteiger partial charge in [0.2, 0.25) is 11.8 Å². The number of amides is 2. The van der Waals surface area contributed by atoms with Gasteiger partial charge in [-0.1, -0.05) is 12.1 Å². The molecule has 1 unspecified atom stereocenters. The number of rotatable bonds is 9. The van der Waals surface area contributed by atoms with E-state index in [1.54, 1.807) is 14.2 Å². The maximum Gasteiger partial charge on any atom is 0.237 e. The lowest BCUT2D eigenvalue weighted by Gasteiger charge is -2.35. The summed E-state index contributed by atoms with van der Waals surface area (Å²) >= 11 is 0. The normalized spacial score (nSPS) is 22.3. The highest BCUT2D eigenvalue weighted by Crippen LogP contribution is 2.44. The molecule has 1 heterocycles. The molecule has 1 atom stereocenters. The van der Waals surface area contributed by atoms with Crippen molar-refractivity contribution >= 4 is 11.8 Å². The summed E-state index contributed by atoms with van der Waals surface area (Å²) in [6.07, 6.45) is 5.05. The predicted molar refractivity (Wildman–Crippen MR) is 109 cm³/mol. The van der Waals surface area contributed by atoms with Crippen molar-refractivity contribution in [3.63, 3.8) is 0 Å². The Morgan fingerprint density at radius 3 is 2.55 bits per heavy atom. The number of carbonyl (C=O) groups excluding carboxylic acids is 2.